The molecule has 21 heavy (non-hydrogen) atoms. The van der Waals surface area contributed by atoms with Crippen LogP contribution in [0, 0.1) is 0 Å². The van der Waals surface area contributed by atoms with E-state index in [2.05, 4.69) is 15.6 Å². The molecule has 0 fully saturated rings. The van der Waals surface area contributed by atoms with E-state index in [9.17, 15) is 4.79 Å². The Labute approximate surface area is 122 Å². The van der Waals surface area contributed by atoms with Crippen molar-refractivity contribution in [2.75, 3.05) is 12.4 Å². The summed E-state index contributed by atoms with van der Waals surface area (Å²) in [5, 5.41) is 6.92. The van der Waals surface area contributed by atoms with Crippen molar-refractivity contribution < 1.29 is 4.79 Å². The van der Waals surface area contributed by atoms with Crippen LogP contribution in [0.5, 0.6) is 0 Å². The van der Waals surface area contributed by atoms with Gasteiger partial charge in [-0.15, -0.1) is 0 Å². The third kappa shape index (κ3) is 2.69. The summed E-state index contributed by atoms with van der Waals surface area (Å²) in [7, 11) is 1.60. The van der Waals surface area contributed by atoms with Gasteiger partial charge in [-0.05, 0) is 24.3 Å². The molecular weight excluding hydrogens is 262 g/mol. The number of pyridine rings is 1. The third-order valence-electron chi connectivity index (χ3n) is 3.23. The van der Waals surface area contributed by atoms with E-state index in [1.165, 1.54) is 0 Å². The number of nitrogens with one attached hydrogen (secondary N) is 2. The first-order chi connectivity index (χ1) is 10.3. The molecule has 0 aliphatic carbocycles. The Bertz CT molecular complexity index is 784. The number of rotatable bonds is 3. The third-order valence-corrected chi connectivity index (χ3v) is 3.23. The summed E-state index contributed by atoms with van der Waals surface area (Å²) >= 11 is 0. The number of aromatic nitrogens is 1. The van der Waals surface area contributed by atoms with Crippen LogP contribution in [0.4, 0.5) is 11.4 Å². The molecule has 0 radical (unpaired) electrons. The smallest absolute Gasteiger partial charge is 0.269 e. The number of nitrogens with zero attached hydrogens (tertiary/aromatic N) is 1. The quantitative estimate of drug-likeness (QED) is 0.772. The Morgan fingerprint density at radius 3 is 2.52 bits per heavy atom. The van der Waals surface area contributed by atoms with Crippen LogP contribution in [-0.2, 0) is 0 Å². The predicted molar refractivity (Wildman–Crippen MR) is 84.9 cm³/mol. The van der Waals surface area contributed by atoms with Crippen LogP contribution in [0.15, 0.2) is 60.7 Å². The first-order valence-corrected chi connectivity index (χ1v) is 6.72. The lowest BCUT2D eigenvalue weighted by Crippen LogP contribution is -2.19. The van der Waals surface area contributed by atoms with Crippen LogP contribution >= 0.6 is 0 Å². The Kier molecular flexibility index (Phi) is 3.51. The Morgan fingerprint density at radius 2 is 1.76 bits per heavy atom. The van der Waals surface area contributed by atoms with Crippen molar-refractivity contribution in [3.8, 4) is 0 Å². The molecule has 3 rings (SSSR count). The molecule has 0 aliphatic rings. The fourth-order valence-electron chi connectivity index (χ4n) is 2.18. The predicted octanol–water partition coefficient (Wildman–Crippen LogP) is 3.34. The van der Waals surface area contributed by atoms with Gasteiger partial charge in [-0.25, -0.2) is 4.98 Å². The van der Waals surface area contributed by atoms with Crippen LogP contribution in [0.25, 0.3) is 10.9 Å². The van der Waals surface area contributed by atoms with Gasteiger partial charge in [-0.2, -0.15) is 0 Å². The zero-order chi connectivity index (χ0) is 14.7. The fraction of sp³-hybridized carbons (Fsp3) is 0.0588. The molecule has 0 spiro atoms. The average molecular weight is 277 g/mol. The zero-order valence-corrected chi connectivity index (χ0v) is 11.6. The molecule has 104 valence electrons. The van der Waals surface area contributed by atoms with Crippen LogP contribution in [-0.4, -0.2) is 17.9 Å². The number of para-hydroxylation sites is 2. The van der Waals surface area contributed by atoms with Crippen molar-refractivity contribution in [2.24, 2.45) is 0 Å². The molecular formula is C17H15N3O. The topological polar surface area (TPSA) is 54.0 Å². The SMILES string of the molecule is CNC(=O)c1ccc2cccc(Nc3ccccc3)c2n1. The maximum Gasteiger partial charge on any atom is 0.269 e. The standard InChI is InChI=1S/C17H15N3O/c1-18-17(21)15-11-10-12-6-5-9-14(16(12)20-15)19-13-7-3-2-4-8-13/h2-11,19H,1H3,(H,18,21). The van der Waals surface area contributed by atoms with Gasteiger partial charge in [0, 0.05) is 18.1 Å². The van der Waals surface area contributed by atoms with Gasteiger partial charge < -0.3 is 10.6 Å². The van der Waals surface area contributed by atoms with Gasteiger partial charge >= 0.3 is 0 Å². The van der Waals surface area contributed by atoms with Gasteiger partial charge in [0.15, 0.2) is 0 Å². The second-order valence-corrected chi connectivity index (χ2v) is 4.64. The number of carbonyl (C=O) groups is 1. The number of carbonyl (C=O) groups excluding carboxylic acids is 1. The molecule has 4 heteroatoms. The highest BCUT2D eigenvalue weighted by molar-refractivity contribution is 5.98. The molecule has 0 unspecified atom stereocenters. The summed E-state index contributed by atoms with van der Waals surface area (Å²) in [6.45, 7) is 0. The van der Waals surface area contributed by atoms with E-state index < -0.39 is 0 Å². The van der Waals surface area contributed by atoms with Gasteiger partial charge in [0.05, 0.1) is 11.2 Å². The van der Waals surface area contributed by atoms with Gasteiger partial charge in [-0.3, -0.25) is 4.79 Å². The number of anilines is 2. The summed E-state index contributed by atoms with van der Waals surface area (Å²) in [5.41, 5.74) is 3.05. The normalized spacial score (nSPS) is 10.3. The number of hydrogen-bond donors (Lipinski definition) is 2. The molecule has 4 nitrogen and oxygen atoms in total. The van der Waals surface area contributed by atoms with Gasteiger partial charge in [0.2, 0.25) is 0 Å². The molecule has 1 aromatic heterocycles. The van der Waals surface area contributed by atoms with Crippen LogP contribution < -0.4 is 10.6 Å². The minimum Gasteiger partial charge on any atom is -0.354 e. The van der Waals surface area contributed by atoms with E-state index in [1.54, 1.807) is 13.1 Å². The summed E-state index contributed by atoms with van der Waals surface area (Å²) in [6.07, 6.45) is 0. The zero-order valence-electron chi connectivity index (χ0n) is 11.6. The highest BCUT2D eigenvalue weighted by atomic mass is 16.1. The summed E-state index contributed by atoms with van der Waals surface area (Å²) < 4.78 is 0. The van der Waals surface area contributed by atoms with E-state index in [-0.39, 0.29) is 5.91 Å². The Balaban J connectivity index is 2.07. The van der Waals surface area contributed by atoms with Gasteiger partial charge in [0.1, 0.15) is 5.69 Å². The Morgan fingerprint density at radius 1 is 0.952 bits per heavy atom. The first kappa shape index (κ1) is 13.1. The van der Waals surface area contributed by atoms with Crippen LogP contribution in [0.1, 0.15) is 10.5 Å². The maximum absolute atomic E-state index is 11.7. The monoisotopic (exact) mass is 277 g/mol. The van der Waals surface area contributed by atoms with E-state index >= 15 is 0 Å². The van der Waals surface area contributed by atoms with Crippen LogP contribution in [0.3, 0.4) is 0 Å². The molecule has 0 saturated carbocycles. The van der Waals surface area contributed by atoms with E-state index in [1.807, 2.05) is 54.6 Å². The lowest BCUT2D eigenvalue weighted by atomic mass is 10.1. The second kappa shape index (κ2) is 5.63. The highest BCUT2D eigenvalue weighted by Crippen LogP contribution is 2.25. The highest BCUT2D eigenvalue weighted by Gasteiger charge is 2.08. The second-order valence-electron chi connectivity index (χ2n) is 4.64. The largest absolute Gasteiger partial charge is 0.354 e. The van der Waals surface area contributed by atoms with E-state index in [0.29, 0.717) is 5.69 Å². The molecule has 0 saturated heterocycles. The van der Waals surface area contributed by atoms with Crippen molar-refractivity contribution in [1.82, 2.24) is 10.3 Å². The van der Waals surface area contributed by atoms with Crippen molar-refractivity contribution >= 4 is 28.2 Å². The first-order valence-electron chi connectivity index (χ1n) is 6.72. The molecule has 1 heterocycles. The van der Waals surface area contributed by atoms with Crippen molar-refractivity contribution in [1.29, 1.82) is 0 Å². The Hall–Kier alpha value is -2.88. The number of benzene rings is 2. The number of fused-ring (bicyclic) bond motifs is 1. The molecule has 1 amide bonds. The number of amides is 1. The average Bonchev–Trinajstić information content (AvgIpc) is 2.55. The summed E-state index contributed by atoms with van der Waals surface area (Å²) in [4.78, 5) is 16.2. The van der Waals surface area contributed by atoms with Crippen molar-refractivity contribution in [2.45, 2.75) is 0 Å². The molecule has 2 N–H and O–H groups in total. The summed E-state index contributed by atoms with van der Waals surface area (Å²) in [6, 6.07) is 19.4. The minimum absolute atomic E-state index is 0.189. The van der Waals surface area contributed by atoms with Crippen molar-refractivity contribution in [3.05, 3.63) is 66.4 Å². The lowest BCUT2D eigenvalue weighted by molar-refractivity contribution is 0.0958. The molecule has 0 bridgehead atoms. The minimum atomic E-state index is -0.189. The van der Waals surface area contributed by atoms with E-state index in [0.717, 1.165) is 22.3 Å². The molecule has 0 aliphatic heterocycles. The lowest BCUT2D eigenvalue weighted by Gasteiger charge is -2.10. The van der Waals surface area contributed by atoms with Crippen LogP contribution in [0.2, 0.25) is 0 Å². The number of hydrogen-bond acceptors (Lipinski definition) is 3. The van der Waals surface area contributed by atoms with Gasteiger partial charge in [0.25, 0.3) is 5.91 Å². The molecule has 0 atom stereocenters. The summed E-state index contributed by atoms with van der Waals surface area (Å²) in [5.74, 6) is -0.189. The maximum atomic E-state index is 11.7. The fourth-order valence-corrected chi connectivity index (χ4v) is 2.18. The van der Waals surface area contributed by atoms with E-state index in [4.69, 9.17) is 0 Å². The van der Waals surface area contributed by atoms with Gasteiger partial charge in [-0.1, -0.05) is 36.4 Å². The van der Waals surface area contributed by atoms with Crippen molar-refractivity contribution in [3.63, 3.8) is 0 Å². The molecule has 3 aromatic rings. The molecule has 2 aromatic carbocycles.